The molecule has 164 valence electrons. The van der Waals surface area contributed by atoms with Gasteiger partial charge < -0.3 is 14.5 Å². The zero-order valence-corrected chi connectivity index (χ0v) is 18.6. The molecule has 32 heavy (non-hydrogen) atoms. The molecule has 0 radical (unpaired) electrons. The van der Waals surface area contributed by atoms with Crippen molar-refractivity contribution in [2.45, 2.75) is 37.8 Å². The van der Waals surface area contributed by atoms with Gasteiger partial charge in [0.1, 0.15) is 10.4 Å². The molecule has 2 aromatic heterocycles. The van der Waals surface area contributed by atoms with Crippen molar-refractivity contribution in [2.75, 3.05) is 13.7 Å². The fourth-order valence-electron chi connectivity index (χ4n) is 5.68. The Kier molecular flexibility index (Phi) is 4.69. The summed E-state index contributed by atoms with van der Waals surface area (Å²) in [5.74, 6) is 1.31. The summed E-state index contributed by atoms with van der Waals surface area (Å²) in [6.07, 6.45) is 2.84. The number of methoxy groups -OCH3 is 1. The fraction of sp³-hybridized carbons (Fsp3) is 0.360. The molecule has 1 fully saturated rings. The van der Waals surface area contributed by atoms with E-state index in [1.807, 2.05) is 30.3 Å². The van der Waals surface area contributed by atoms with E-state index in [-0.39, 0.29) is 11.6 Å². The average molecular weight is 449 g/mol. The van der Waals surface area contributed by atoms with E-state index >= 15 is 0 Å². The van der Waals surface area contributed by atoms with Gasteiger partial charge in [0.15, 0.2) is 5.58 Å². The van der Waals surface area contributed by atoms with Crippen LogP contribution in [0.3, 0.4) is 0 Å². The standard InChI is InChI=1S/C25H24N2O4S/c1-30-19-7-4-6-16-15(19)10-9-14-13-26-18(21(14)16)11-12-27-24(28)23-22(31-25(27)29)17-5-2-3-8-20(17)32-23/h2-8,14,18,21,26H,9-13H2,1H3/t14-,18?,21+/m0/s1. The molecule has 1 N–H and O–H groups in total. The van der Waals surface area contributed by atoms with Crippen LogP contribution in [-0.2, 0) is 13.0 Å². The van der Waals surface area contributed by atoms with Crippen LogP contribution in [0.5, 0.6) is 5.75 Å². The Balaban J connectivity index is 1.33. The van der Waals surface area contributed by atoms with Crippen LogP contribution in [0.25, 0.3) is 20.4 Å². The molecule has 3 atom stereocenters. The van der Waals surface area contributed by atoms with Crippen molar-refractivity contribution in [3.8, 4) is 5.75 Å². The monoisotopic (exact) mass is 448 g/mol. The van der Waals surface area contributed by atoms with Crippen molar-refractivity contribution < 1.29 is 9.15 Å². The van der Waals surface area contributed by atoms with Crippen LogP contribution in [0.1, 0.15) is 29.9 Å². The van der Waals surface area contributed by atoms with Gasteiger partial charge in [0.25, 0.3) is 5.56 Å². The number of aromatic nitrogens is 1. The second-order valence-electron chi connectivity index (χ2n) is 8.74. The summed E-state index contributed by atoms with van der Waals surface area (Å²) in [7, 11) is 1.72. The number of hydrogen-bond acceptors (Lipinski definition) is 6. The molecular weight excluding hydrogens is 424 g/mol. The van der Waals surface area contributed by atoms with E-state index in [2.05, 4.69) is 17.4 Å². The van der Waals surface area contributed by atoms with Gasteiger partial charge in [0.2, 0.25) is 0 Å². The predicted molar refractivity (Wildman–Crippen MR) is 126 cm³/mol. The van der Waals surface area contributed by atoms with Crippen LogP contribution in [0, 0.1) is 5.92 Å². The Morgan fingerprint density at radius 1 is 1.19 bits per heavy atom. The third kappa shape index (κ3) is 2.95. The van der Waals surface area contributed by atoms with Crippen molar-refractivity contribution >= 4 is 31.7 Å². The van der Waals surface area contributed by atoms with E-state index in [4.69, 9.17) is 9.15 Å². The van der Waals surface area contributed by atoms with E-state index in [0.717, 1.165) is 35.2 Å². The second-order valence-corrected chi connectivity index (χ2v) is 9.79. The molecule has 0 spiro atoms. The van der Waals surface area contributed by atoms with Gasteiger partial charge in [-0.15, -0.1) is 11.3 Å². The predicted octanol–water partition coefficient (Wildman–Crippen LogP) is 3.89. The first-order valence-corrected chi connectivity index (χ1v) is 11.9. The maximum Gasteiger partial charge on any atom is 0.422 e. The molecule has 1 aliphatic heterocycles. The maximum absolute atomic E-state index is 13.2. The molecule has 3 heterocycles. The Morgan fingerprint density at radius 2 is 2.06 bits per heavy atom. The lowest BCUT2D eigenvalue weighted by atomic mass is 9.73. The van der Waals surface area contributed by atoms with Crippen molar-refractivity contribution in [3.63, 3.8) is 0 Å². The average Bonchev–Trinajstić information content (AvgIpc) is 3.40. The number of ether oxygens (including phenoxy) is 1. The summed E-state index contributed by atoms with van der Waals surface area (Å²) >= 11 is 1.39. The highest BCUT2D eigenvalue weighted by Gasteiger charge is 2.40. The lowest BCUT2D eigenvalue weighted by Gasteiger charge is -2.32. The minimum atomic E-state index is -0.577. The molecule has 7 heteroatoms. The summed E-state index contributed by atoms with van der Waals surface area (Å²) in [4.78, 5) is 25.9. The van der Waals surface area contributed by atoms with E-state index < -0.39 is 5.76 Å². The number of nitrogens with one attached hydrogen (secondary N) is 1. The Labute approximate surface area is 188 Å². The first-order chi connectivity index (χ1) is 15.7. The summed E-state index contributed by atoms with van der Waals surface area (Å²) < 4.78 is 13.9. The molecule has 1 saturated heterocycles. The third-order valence-electron chi connectivity index (χ3n) is 7.16. The number of thiophene rings is 1. The van der Waals surface area contributed by atoms with Gasteiger partial charge in [-0.05, 0) is 61.1 Å². The molecule has 4 aromatic rings. The van der Waals surface area contributed by atoms with Crippen LogP contribution >= 0.6 is 11.3 Å². The highest BCUT2D eigenvalue weighted by molar-refractivity contribution is 7.25. The molecule has 0 bridgehead atoms. The highest BCUT2D eigenvalue weighted by Crippen LogP contribution is 2.45. The van der Waals surface area contributed by atoms with Crippen LogP contribution in [0.15, 0.2) is 56.5 Å². The highest BCUT2D eigenvalue weighted by atomic mass is 32.1. The molecule has 0 saturated carbocycles. The number of nitrogens with zero attached hydrogens (tertiary/aromatic N) is 1. The lowest BCUT2D eigenvalue weighted by molar-refractivity contribution is 0.365. The first-order valence-electron chi connectivity index (χ1n) is 11.1. The first kappa shape index (κ1) is 19.8. The maximum atomic E-state index is 13.2. The van der Waals surface area contributed by atoms with Gasteiger partial charge in [0.05, 0.1) is 7.11 Å². The van der Waals surface area contributed by atoms with Gasteiger partial charge >= 0.3 is 5.76 Å². The summed E-state index contributed by atoms with van der Waals surface area (Å²) in [5, 5.41) is 4.48. The second kappa shape index (κ2) is 7.60. The Morgan fingerprint density at radius 3 is 2.94 bits per heavy atom. The van der Waals surface area contributed by atoms with Crippen LogP contribution in [-0.4, -0.2) is 24.3 Å². The summed E-state index contributed by atoms with van der Waals surface area (Å²) in [6, 6.07) is 14.1. The molecule has 1 aliphatic carbocycles. The Hall–Kier alpha value is -2.90. The summed E-state index contributed by atoms with van der Waals surface area (Å²) in [6.45, 7) is 1.30. The van der Waals surface area contributed by atoms with Crippen molar-refractivity contribution in [1.29, 1.82) is 0 Å². The van der Waals surface area contributed by atoms with E-state index in [0.29, 0.717) is 35.1 Å². The van der Waals surface area contributed by atoms with Gasteiger partial charge in [-0.3, -0.25) is 4.79 Å². The molecule has 6 nitrogen and oxygen atoms in total. The molecule has 0 amide bonds. The third-order valence-corrected chi connectivity index (χ3v) is 8.30. The number of hydrogen-bond donors (Lipinski definition) is 1. The van der Waals surface area contributed by atoms with E-state index in [1.54, 1.807) is 7.11 Å². The molecule has 2 aliphatic rings. The van der Waals surface area contributed by atoms with E-state index in [1.165, 1.54) is 27.0 Å². The Bertz CT molecular complexity index is 1450. The van der Waals surface area contributed by atoms with Crippen molar-refractivity contribution in [1.82, 2.24) is 9.88 Å². The SMILES string of the molecule is COc1cccc2c1CC[C@H]1CNC(CCn3c(=O)oc4c(sc5ccccc54)c3=O)[C@@H]21. The number of benzene rings is 2. The normalized spacial score (nSPS) is 22.2. The number of rotatable bonds is 4. The lowest BCUT2D eigenvalue weighted by Crippen LogP contribution is -2.36. The largest absolute Gasteiger partial charge is 0.496 e. The zero-order valence-electron chi connectivity index (χ0n) is 17.8. The topological polar surface area (TPSA) is 73.5 Å². The van der Waals surface area contributed by atoms with Gasteiger partial charge in [0, 0.05) is 28.6 Å². The minimum absolute atomic E-state index is 0.204. The van der Waals surface area contributed by atoms with Crippen LogP contribution in [0.2, 0.25) is 0 Å². The quantitative estimate of drug-likeness (QED) is 0.513. The van der Waals surface area contributed by atoms with E-state index in [9.17, 15) is 9.59 Å². The minimum Gasteiger partial charge on any atom is -0.496 e. The molecular formula is C25H24N2O4S. The van der Waals surface area contributed by atoms with Crippen LogP contribution < -0.4 is 21.4 Å². The molecule has 1 unspecified atom stereocenters. The fourth-order valence-corrected chi connectivity index (χ4v) is 6.75. The van der Waals surface area contributed by atoms with Gasteiger partial charge in [-0.1, -0.05) is 24.3 Å². The van der Waals surface area contributed by atoms with Gasteiger partial charge in [-0.2, -0.15) is 0 Å². The molecule has 2 aromatic carbocycles. The van der Waals surface area contributed by atoms with Crippen molar-refractivity contribution in [3.05, 3.63) is 74.5 Å². The van der Waals surface area contributed by atoms with Crippen LogP contribution in [0.4, 0.5) is 0 Å². The smallest absolute Gasteiger partial charge is 0.422 e. The molecule has 6 rings (SSSR count). The zero-order chi connectivity index (χ0) is 21.8. The number of fused-ring (bicyclic) bond motifs is 6. The van der Waals surface area contributed by atoms with Crippen molar-refractivity contribution in [2.24, 2.45) is 5.92 Å². The summed E-state index contributed by atoms with van der Waals surface area (Å²) in [5.41, 5.74) is 2.80. The van der Waals surface area contributed by atoms with Gasteiger partial charge in [-0.25, -0.2) is 9.36 Å².